The van der Waals surface area contributed by atoms with E-state index in [0.29, 0.717) is 6.54 Å². The fraction of sp³-hybridized carbons (Fsp3) is 0.333. The predicted molar refractivity (Wildman–Crippen MR) is 83.8 cm³/mol. The number of rotatable bonds is 6. The number of nitrogens with one attached hydrogen (secondary N) is 2. The topological polar surface area (TPSA) is 79.5 Å². The predicted octanol–water partition coefficient (Wildman–Crippen LogP) is 1.67. The molecule has 1 rings (SSSR count). The number of anilines is 1. The molecule has 0 aliphatic carbocycles. The Morgan fingerprint density at radius 3 is 2.85 bits per heavy atom. The Labute approximate surface area is 120 Å². The van der Waals surface area contributed by atoms with Crippen molar-refractivity contribution in [1.82, 2.24) is 5.32 Å². The van der Waals surface area contributed by atoms with E-state index in [1.165, 1.54) is 5.56 Å². The van der Waals surface area contributed by atoms with Crippen molar-refractivity contribution in [3.05, 3.63) is 42.0 Å². The molecule has 108 valence electrons. The van der Waals surface area contributed by atoms with E-state index in [-0.39, 0.29) is 18.4 Å². The average Bonchev–Trinajstić information content (AvgIpc) is 2.43. The normalized spacial score (nSPS) is 11.0. The summed E-state index contributed by atoms with van der Waals surface area (Å²) in [6.07, 6.45) is 0.930. The van der Waals surface area contributed by atoms with Crippen LogP contribution < -0.4 is 16.4 Å². The molecule has 0 heterocycles. The molecule has 1 aromatic rings. The molecular weight excluding hydrogens is 252 g/mol. The third kappa shape index (κ3) is 6.04. The molecule has 0 aliphatic rings. The zero-order valence-corrected chi connectivity index (χ0v) is 12.1. The monoisotopic (exact) mass is 274 g/mol. The van der Waals surface area contributed by atoms with Gasteiger partial charge in [-0.05, 0) is 31.0 Å². The van der Waals surface area contributed by atoms with Crippen LogP contribution in [-0.4, -0.2) is 25.0 Å². The standard InChI is InChI=1S/C15H22N4O/c1-4-12-6-5-7-13(8-12)19-14(20)10-18-15(16)17-9-11(2)3/h5-8H,2,4,9-10H2,1,3H3,(H,19,20)(H3,16,17,18). The molecule has 1 aromatic carbocycles. The molecule has 0 atom stereocenters. The quantitative estimate of drug-likeness (QED) is 0.419. The highest BCUT2D eigenvalue weighted by Crippen LogP contribution is 2.10. The lowest BCUT2D eigenvalue weighted by Gasteiger charge is -2.07. The van der Waals surface area contributed by atoms with Crippen LogP contribution in [0.5, 0.6) is 0 Å². The van der Waals surface area contributed by atoms with Gasteiger partial charge in [0.15, 0.2) is 5.96 Å². The first-order valence-electron chi connectivity index (χ1n) is 6.58. The molecule has 0 fully saturated rings. The molecule has 1 amide bonds. The average molecular weight is 274 g/mol. The number of benzene rings is 1. The van der Waals surface area contributed by atoms with Gasteiger partial charge in [-0.1, -0.05) is 31.2 Å². The maximum absolute atomic E-state index is 11.7. The van der Waals surface area contributed by atoms with Crippen LogP contribution in [0, 0.1) is 0 Å². The summed E-state index contributed by atoms with van der Waals surface area (Å²) >= 11 is 0. The highest BCUT2D eigenvalue weighted by molar-refractivity contribution is 5.93. The maximum Gasteiger partial charge on any atom is 0.246 e. The van der Waals surface area contributed by atoms with Crippen molar-refractivity contribution in [2.75, 3.05) is 18.4 Å². The summed E-state index contributed by atoms with van der Waals surface area (Å²) in [4.78, 5) is 15.7. The smallest absolute Gasteiger partial charge is 0.246 e. The van der Waals surface area contributed by atoms with Gasteiger partial charge in [0, 0.05) is 12.2 Å². The fourth-order valence-electron chi connectivity index (χ4n) is 1.52. The Bertz CT molecular complexity index is 508. The van der Waals surface area contributed by atoms with Crippen molar-refractivity contribution in [3.8, 4) is 0 Å². The minimum Gasteiger partial charge on any atom is -0.370 e. The van der Waals surface area contributed by atoms with Crippen LogP contribution >= 0.6 is 0 Å². The van der Waals surface area contributed by atoms with Gasteiger partial charge in [-0.25, -0.2) is 4.99 Å². The van der Waals surface area contributed by atoms with Gasteiger partial charge in [0.05, 0.1) is 0 Å². The molecule has 5 nitrogen and oxygen atoms in total. The summed E-state index contributed by atoms with van der Waals surface area (Å²) in [7, 11) is 0. The molecule has 20 heavy (non-hydrogen) atoms. The molecule has 0 aliphatic heterocycles. The Balaban J connectivity index is 2.46. The highest BCUT2D eigenvalue weighted by Gasteiger charge is 2.02. The molecule has 0 aromatic heterocycles. The number of aryl methyl sites for hydroxylation is 1. The molecular formula is C15H22N4O. The number of nitrogens with zero attached hydrogens (tertiary/aromatic N) is 1. The van der Waals surface area contributed by atoms with E-state index in [0.717, 1.165) is 17.7 Å². The van der Waals surface area contributed by atoms with Gasteiger partial charge in [0.2, 0.25) is 5.91 Å². The summed E-state index contributed by atoms with van der Waals surface area (Å²) in [6, 6.07) is 7.74. The highest BCUT2D eigenvalue weighted by atomic mass is 16.1. The molecule has 0 saturated heterocycles. The molecule has 5 heteroatoms. The Kier molecular flexibility index (Phi) is 6.29. The van der Waals surface area contributed by atoms with E-state index in [1.807, 2.05) is 31.2 Å². The van der Waals surface area contributed by atoms with Crippen LogP contribution in [0.3, 0.4) is 0 Å². The minimum atomic E-state index is -0.196. The molecule has 4 N–H and O–H groups in total. The first-order chi connectivity index (χ1) is 9.51. The first-order valence-corrected chi connectivity index (χ1v) is 6.58. The maximum atomic E-state index is 11.7. The van der Waals surface area contributed by atoms with E-state index in [9.17, 15) is 4.79 Å². The number of nitrogens with two attached hydrogens (primary N) is 1. The number of amides is 1. The molecule has 0 bridgehead atoms. The number of carbonyl (C=O) groups is 1. The van der Waals surface area contributed by atoms with Crippen LogP contribution in [0.4, 0.5) is 5.69 Å². The van der Waals surface area contributed by atoms with Gasteiger partial charge in [-0.3, -0.25) is 4.79 Å². The lowest BCUT2D eigenvalue weighted by molar-refractivity contribution is -0.114. The van der Waals surface area contributed by atoms with Gasteiger partial charge in [-0.15, -0.1) is 0 Å². The second kappa shape index (κ2) is 7.99. The summed E-state index contributed by atoms with van der Waals surface area (Å²) in [5.74, 6) is 0.0452. The van der Waals surface area contributed by atoms with Crippen molar-refractivity contribution in [2.45, 2.75) is 20.3 Å². The lowest BCUT2D eigenvalue weighted by Crippen LogP contribution is -2.33. The number of guanidine groups is 1. The van der Waals surface area contributed by atoms with Crippen LogP contribution in [0.15, 0.2) is 41.4 Å². The Hall–Kier alpha value is -2.30. The zero-order valence-electron chi connectivity index (χ0n) is 12.1. The summed E-state index contributed by atoms with van der Waals surface area (Å²) in [6.45, 7) is 8.24. The number of aliphatic imine (C=N–C) groups is 1. The van der Waals surface area contributed by atoms with Crippen LogP contribution in [0.25, 0.3) is 0 Å². The van der Waals surface area contributed by atoms with Crippen LogP contribution in [0.2, 0.25) is 0 Å². The Morgan fingerprint density at radius 1 is 1.45 bits per heavy atom. The van der Waals surface area contributed by atoms with Crippen molar-refractivity contribution in [3.63, 3.8) is 0 Å². The van der Waals surface area contributed by atoms with Crippen molar-refractivity contribution >= 4 is 17.6 Å². The van der Waals surface area contributed by atoms with Gasteiger partial charge < -0.3 is 16.4 Å². The fourth-order valence-corrected chi connectivity index (χ4v) is 1.52. The van der Waals surface area contributed by atoms with E-state index >= 15 is 0 Å². The van der Waals surface area contributed by atoms with Crippen molar-refractivity contribution in [2.24, 2.45) is 10.7 Å². The van der Waals surface area contributed by atoms with Crippen molar-refractivity contribution in [1.29, 1.82) is 0 Å². The Morgan fingerprint density at radius 2 is 2.20 bits per heavy atom. The molecule has 0 spiro atoms. The largest absolute Gasteiger partial charge is 0.370 e. The van der Waals surface area contributed by atoms with Gasteiger partial charge >= 0.3 is 0 Å². The third-order valence-corrected chi connectivity index (χ3v) is 2.58. The molecule has 0 unspecified atom stereocenters. The first kappa shape index (κ1) is 15.8. The second-order valence-electron chi connectivity index (χ2n) is 4.61. The lowest BCUT2D eigenvalue weighted by atomic mass is 10.1. The molecule has 0 saturated carbocycles. The summed E-state index contributed by atoms with van der Waals surface area (Å²) in [5.41, 5.74) is 8.53. The van der Waals surface area contributed by atoms with Gasteiger partial charge in [-0.2, -0.15) is 0 Å². The minimum absolute atomic E-state index is 0.00856. The van der Waals surface area contributed by atoms with E-state index < -0.39 is 0 Å². The van der Waals surface area contributed by atoms with E-state index in [2.05, 4.69) is 29.1 Å². The van der Waals surface area contributed by atoms with Crippen molar-refractivity contribution < 1.29 is 4.79 Å². The number of hydrogen-bond acceptors (Lipinski definition) is 2. The SMILES string of the molecule is C=C(C)CNC(N)=NCC(=O)Nc1cccc(CC)c1. The number of hydrogen-bond donors (Lipinski definition) is 3. The molecule has 0 radical (unpaired) electrons. The second-order valence-corrected chi connectivity index (χ2v) is 4.61. The van der Waals surface area contributed by atoms with Crippen LogP contribution in [-0.2, 0) is 11.2 Å². The zero-order chi connectivity index (χ0) is 15.0. The van der Waals surface area contributed by atoms with Crippen LogP contribution in [0.1, 0.15) is 19.4 Å². The van der Waals surface area contributed by atoms with Gasteiger partial charge in [0.1, 0.15) is 6.54 Å². The van der Waals surface area contributed by atoms with E-state index in [1.54, 1.807) is 0 Å². The summed E-state index contributed by atoms with van der Waals surface area (Å²) < 4.78 is 0. The van der Waals surface area contributed by atoms with E-state index in [4.69, 9.17) is 5.73 Å². The van der Waals surface area contributed by atoms with Gasteiger partial charge in [0.25, 0.3) is 0 Å². The third-order valence-electron chi connectivity index (χ3n) is 2.58. The number of carbonyl (C=O) groups excluding carboxylic acids is 1. The summed E-state index contributed by atoms with van der Waals surface area (Å²) in [5, 5.41) is 5.66.